The number of hydrogen-bond donors (Lipinski definition) is 2. The number of amides is 2. The Morgan fingerprint density at radius 2 is 1.94 bits per heavy atom. The van der Waals surface area contributed by atoms with Crippen LogP contribution in [0.15, 0.2) is 36.5 Å². The summed E-state index contributed by atoms with van der Waals surface area (Å²) in [5.41, 5.74) is 11.7. The molecule has 0 spiro atoms. The van der Waals surface area contributed by atoms with Crippen molar-refractivity contribution in [2.45, 2.75) is 31.8 Å². The molecule has 186 valence electrons. The number of carbonyl (C=O) groups excluding carboxylic acids is 1. The van der Waals surface area contributed by atoms with Gasteiger partial charge in [-0.3, -0.25) is 0 Å². The topological polar surface area (TPSA) is 93.0 Å². The predicted octanol–water partition coefficient (Wildman–Crippen LogP) is 3.63. The van der Waals surface area contributed by atoms with Gasteiger partial charge in [0.15, 0.2) is 0 Å². The maximum atomic E-state index is 13.6. The van der Waals surface area contributed by atoms with Crippen LogP contribution in [0.3, 0.4) is 0 Å². The minimum Gasteiger partial charge on any atom is -0.497 e. The normalized spacial score (nSPS) is 18.0. The third-order valence-corrected chi connectivity index (χ3v) is 7.31. The van der Waals surface area contributed by atoms with Crippen molar-refractivity contribution in [3.05, 3.63) is 58.8 Å². The minimum atomic E-state index is -0.0409. The molecule has 1 saturated heterocycles. The summed E-state index contributed by atoms with van der Waals surface area (Å²) in [6.45, 7) is 3.52. The molecular weight excluding hydrogens is 444 g/mol. The highest BCUT2D eigenvalue weighted by molar-refractivity contribution is 5.84. The van der Waals surface area contributed by atoms with Gasteiger partial charge in [-0.15, -0.1) is 0 Å². The summed E-state index contributed by atoms with van der Waals surface area (Å²) in [4.78, 5) is 21.0. The molecule has 2 aromatic carbocycles. The third-order valence-electron chi connectivity index (χ3n) is 7.31. The van der Waals surface area contributed by atoms with Crippen molar-refractivity contribution in [2.75, 3.05) is 47.1 Å². The van der Waals surface area contributed by atoms with Gasteiger partial charge in [-0.1, -0.05) is 0 Å². The molecule has 0 aliphatic carbocycles. The number of urea groups is 1. The van der Waals surface area contributed by atoms with Crippen molar-refractivity contribution in [1.82, 2.24) is 14.8 Å². The van der Waals surface area contributed by atoms with E-state index >= 15 is 0 Å². The van der Waals surface area contributed by atoms with Gasteiger partial charge in [0.25, 0.3) is 0 Å². The highest BCUT2D eigenvalue weighted by atomic mass is 16.5. The first-order valence-electron chi connectivity index (χ1n) is 12.3. The molecule has 1 atom stereocenters. The molecule has 1 unspecified atom stereocenters. The van der Waals surface area contributed by atoms with Crippen molar-refractivity contribution in [2.24, 2.45) is 5.73 Å². The molecule has 1 aromatic heterocycles. The molecule has 3 heterocycles. The van der Waals surface area contributed by atoms with Crippen molar-refractivity contribution in [3.63, 3.8) is 0 Å². The van der Waals surface area contributed by atoms with Crippen LogP contribution in [0.4, 0.5) is 4.79 Å². The van der Waals surface area contributed by atoms with E-state index in [0.29, 0.717) is 39.4 Å². The van der Waals surface area contributed by atoms with Crippen LogP contribution in [0.2, 0.25) is 0 Å². The molecule has 8 nitrogen and oxygen atoms in total. The fraction of sp³-hybridized carbons (Fsp3) is 0.444. The summed E-state index contributed by atoms with van der Waals surface area (Å²) >= 11 is 0. The van der Waals surface area contributed by atoms with E-state index in [4.69, 9.17) is 19.9 Å². The second-order valence-corrected chi connectivity index (χ2v) is 9.17. The molecule has 3 N–H and O–H groups in total. The van der Waals surface area contributed by atoms with Crippen molar-refractivity contribution < 1.29 is 19.0 Å². The highest BCUT2D eigenvalue weighted by Gasteiger charge is 2.34. The van der Waals surface area contributed by atoms with Crippen LogP contribution in [-0.2, 0) is 24.1 Å². The Morgan fingerprint density at radius 3 is 2.69 bits per heavy atom. The lowest BCUT2D eigenvalue weighted by Crippen LogP contribution is -2.51. The number of morpholine rings is 1. The number of H-pyrrole nitrogens is 1. The Morgan fingerprint density at radius 1 is 1.11 bits per heavy atom. The van der Waals surface area contributed by atoms with Crippen LogP contribution in [-0.4, -0.2) is 67.9 Å². The molecular formula is C27H34N4O4. The lowest BCUT2D eigenvalue weighted by Gasteiger charge is -2.41. The van der Waals surface area contributed by atoms with Gasteiger partial charge >= 0.3 is 6.03 Å². The van der Waals surface area contributed by atoms with Crippen LogP contribution in [0.25, 0.3) is 10.9 Å². The molecule has 0 saturated carbocycles. The summed E-state index contributed by atoms with van der Waals surface area (Å²) in [5.74, 6) is 1.66. The smallest absolute Gasteiger partial charge is 0.320 e. The lowest BCUT2D eigenvalue weighted by atomic mass is 9.87. The number of rotatable bonds is 6. The number of methoxy groups -OCH3 is 2. The molecule has 3 aromatic rings. The van der Waals surface area contributed by atoms with Gasteiger partial charge in [0.1, 0.15) is 11.5 Å². The summed E-state index contributed by atoms with van der Waals surface area (Å²) in [6, 6.07) is 10.4. The Balaban J connectivity index is 1.48. The lowest BCUT2D eigenvalue weighted by molar-refractivity contribution is 0.0376. The Bertz CT molecular complexity index is 1200. The third kappa shape index (κ3) is 4.56. The molecule has 35 heavy (non-hydrogen) atoms. The zero-order valence-corrected chi connectivity index (χ0v) is 20.5. The maximum absolute atomic E-state index is 13.6. The Kier molecular flexibility index (Phi) is 6.83. The average Bonchev–Trinajstić information content (AvgIpc) is 3.32. The molecule has 2 aliphatic rings. The molecule has 2 amide bonds. The van der Waals surface area contributed by atoms with Crippen molar-refractivity contribution in [3.8, 4) is 11.5 Å². The van der Waals surface area contributed by atoms with E-state index in [1.807, 2.05) is 17.0 Å². The number of nitrogens with zero attached hydrogens (tertiary/aromatic N) is 2. The van der Waals surface area contributed by atoms with Crippen LogP contribution >= 0.6 is 0 Å². The molecule has 1 fully saturated rings. The van der Waals surface area contributed by atoms with Crippen LogP contribution in [0, 0.1) is 0 Å². The monoisotopic (exact) mass is 478 g/mol. The zero-order chi connectivity index (χ0) is 24.4. The first-order chi connectivity index (χ1) is 17.1. The number of nitrogens with two attached hydrogens (primary N) is 1. The Hall–Kier alpha value is -3.23. The second-order valence-electron chi connectivity index (χ2n) is 9.17. The average molecular weight is 479 g/mol. The van der Waals surface area contributed by atoms with Gasteiger partial charge in [-0.05, 0) is 66.3 Å². The van der Waals surface area contributed by atoms with E-state index < -0.39 is 0 Å². The SMILES string of the molecule is COc1ccc2[nH]cc(CCC3c4cc(CN)c(OC)cc4CCN3C(=O)N3CCOCC3)c2c1. The molecule has 5 rings (SSSR count). The molecule has 8 heteroatoms. The van der Waals surface area contributed by atoms with E-state index in [2.05, 4.69) is 34.3 Å². The van der Waals surface area contributed by atoms with Crippen LogP contribution in [0.5, 0.6) is 11.5 Å². The summed E-state index contributed by atoms with van der Waals surface area (Å²) in [7, 11) is 3.37. The number of nitrogens with one attached hydrogen (secondary N) is 1. The standard InChI is InChI=1S/C27H34N4O4/c1-33-21-4-5-24-22(15-21)19(17-29-24)3-6-25-23-13-20(16-28)26(34-2)14-18(23)7-8-31(25)27(32)30-9-11-35-12-10-30/h4-5,13-15,17,25,29H,3,6-12,16,28H2,1-2H3. The fourth-order valence-electron chi connectivity index (χ4n) is 5.39. The molecule has 2 aliphatic heterocycles. The predicted molar refractivity (Wildman–Crippen MR) is 135 cm³/mol. The summed E-state index contributed by atoms with van der Waals surface area (Å²) < 4.78 is 16.5. The van der Waals surface area contributed by atoms with Gasteiger partial charge in [-0.25, -0.2) is 4.79 Å². The van der Waals surface area contributed by atoms with E-state index in [1.165, 1.54) is 16.7 Å². The van der Waals surface area contributed by atoms with Gasteiger partial charge in [0.05, 0.1) is 33.5 Å². The van der Waals surface area contributed by atoms with Gasteiger partial charge < -0.3 is 34.7 Å². The van der Waals surface area contributed by atoms with Gasteiger partial charge in [0.2, 0.25) is 0 Å². The summed E-state index contributed by atoms with van der Waals surface area (Å²) in [5, 5.41) is 1.16. The van der Waals surface area contributed by atoms with Crippen molar-refractivity contribution in [1.29, 1.82) is 0 Å². The molecule has 0 radical (unpaired) electrons. The number of aromatic amines is 1. The maximum Gasteiger partial charge on any atom is 0.320 e. The van der Waals surface area contributed by atoms with E-state index in [-0.39, 0.29) is 12.1 Å². The highest BCUT2D eigenvalue weighted by Crippen LogP contribution is 2.38. The number of aryl methyl sites for hydroxylation is 1. The molecule has 0 bridgehead atoms. The van der Waals surface area contributed by atoms with E-state index in [1.54, 1.807) is 14.2 Å². The van der Waals surface area contributed by atoms with E-state index in [0.717, 1.165) is 47.2 Å². The largest absolute Gasteiger partial charge is 0.497 e. The van der Waals surface area contributed by atoms with Crippen LogP contribution in [0.1, 0.15) is 34.7 Å². The first-order valence-corrected chi connectivity index (χ1v) is 12.3. The number of carbonyl (C=O) groups is 1. The van der Waals surface area contributed by atoms with Crippen molar-refractivity contribution >= 4 is 16.9 Å². The number of ether oxygens (including phenoxy) is 3. The zero-order valence-electron chi connectivity index (χ0n) is 20.5. The Labute approximate surface area is 205 Å². The second kappa shape index (κ2) is 10.2. The quantitative estimate of drug-likeness (QED) is 0.564. The number of fused-ring (bicyclic) bond motifs is 2. The fourth-order valence-corrected chi connectivity index (χ4v) is 5.39. The first kappa shape index (κ1) is 23.5. The number of hydrogen-bond acceptors (Lipinski definition) is 5. The van der Waals surface area contributed by atoms with Gasteiger partial charge in [-0.2, -0.15) is 0 Å². The van der Waals surface area contributed by atoms with Gasteiger partial charge in [0, 0.05) is 48.8 Å². The van der Waals surface area contributed by atoms with E-state index in [9.17, 15) is 4.79 Å². The minimum absolute atomic E-state index is 0.0409. The van der Waals surface area contributed by atoms with Crippen LogP contribution < -0.4 is 15.2 Å². The number of benzene rings is 2. The summed E-state index contributed by atoms with van der Waals surface area (Å²) in [6.07, 6.45) is 4.51. The number of aromatic nitrogens is 1.